The molecule has 3 aromatic rings. The lowest BCUT2D eigenvalue weighted by atomic mass is 9.95. The largest absolute Gasteiger partial charge is 0.503 e. The van der Waals surface area contributed by atoms with E-state index in [0.717, 1.165) is 0 Å². The van der Waals surface area contributed by atoms with Crippen LogP contribution in [0.2, 0.25) is 0 Å². The first-order chi connectivity index (χ1) is 15.9. The number of anilines is 1. The first-order valence-corrected chi connectivity index (χ1v) is 11.5. The Morgan fingerprint density at radius 2 is 1.73 bits per heavy atom. The average molecular weight is 464 g/mol. The molecule has 1 atom stereocenters. The molecule has 0 spiro atoms. The number of aliphatic hydroxyl groups excluding tert-OH is 1. The van der Waals surface area contributed by atoms with Gasteiger partial charge in [-0.05, 0) is 59.3 Å². The molecular weight excluding hydrogens is 438 g/mol. The van der Waals surface area contributed by atoms with E-state index in [1.165, 1.54) is 16.2 Å². The van der Waals surface area contributed by atoms with Crippen molar-refractivity contribution in [2.24, 2.45) is 5.92 Å². The summed E-state index contributed by atoms with van der Waals surface area (Å²) < 4.78 is 11.0. The number of methoxy groups -OCH3 is 1. The van der Waals surface area contributed by atoms with Crippen LogP contribution in [-0.2, 0) is 4.79 Å². The van der Waals surface area contributed by atoms with Crippen molar-refractivity contribution in [3.63, 3.8) is 0 Å². The molecule has 33 heavy (non-hydrogen) atoms. The number of hydrogen-bond donors (Lipinski definition) is 1. The molecule has 0 saturated carbocycles. The fraction of sp³-hybridized carbons (Fsp3) is 0.231. The number of benzene rings is 2. The van der Waals surface area contributed by atoms with Crippen LogP contribution in [-0.4, -0.2) is 30.5 Å². The van der Waals surface area contributed by atoms with Crippen molar-refractivity contribution in [2.45, 2.75) is 19.9 Å². The predicted molar refractivity (Wildman–Crippen MR) is 128 cm³/mol. The lowest BCUT2D eigenvalue weighted by Gasteiger charge is -2.27. The van der Waals surface area contributed by atoms with Gasteiger partial charge in [-0.1, -0.05) is 32.0 Å². The molecular formula is C26H25NO5S. The van der Waals surface area contributed by atoms with Crippen molar-refractivity contribution in [1.82, 2.24) is 0 Å². The van der Waals surface area contributed by atoms with Crippen molar-refractivity contribution in [1.29, 1.82) is 0 Å². The molecule has 2 heterocycles. The number of ether oxygens (including phenoxy) is 2. The fourth-order valence-corrected chi connectivity index (χ4v) is 4.39. The second kappa shape index (κ2) is 9.50. The summed E-state index contributed by atoms with van der Waals surface area (Å²) in [5.41, 5.74) is 1.30. The molecule has 1 amide bonds. The smallest absolute Gasteiger partial charge is 0.294 e. The highest BCUT2D eigenvalue weighted by atomic mass is 32.1. The van der Waals surface area contributed by atoms with Crippen LogP contribution in [0.3, 0.4) is 0 Å². The Balaban J connectivity index is 1.75. The maximum Gasteiger partial charge on any atom is 0.294 e. The summed E-state index contributed by atoms with van der Waals surface area (Å²) in [4.78, 5) is 28.4. The number of thiophene rings is 1. The summed E-state index contributed by atoms with van der Waals surface area (Å²) in [6.45, 7) is 4.72. The number of hydrogen-bond acceptors (Lipinski definition) is 6. The van der Waals surface area contributed by atoms with Crippen LogP contribution in [0, 0.1) is 5.92 Å². The normalized spacial score (nSPS) is 15.9. The van der Waals surface area contributed by atoms with E-state index in [9.17, 15) is 14.7 Å². The van der Waals surface area contributed by atoms with Crippen LogP contribution in [0.5, 0.6) is 11.5 Å². The van der Waals surface area contributed by atoms with E-state index in [-0.39, 0.29) is 11.4 Å². The van der Waals surface area contributed by atoms with Gasteiger partial charge in [-0.25, -0.2) is 0 Å². The molecule has 0 bridgehead atoms. The molecule has 6 nitrogen and oxygen atoms in total. The van der Waals surface area contributed by atoms with Crippen LogP contribution in [0.1, 0.15) is 35.1 Å². The molecule has 4 rings (SSSR count). The Morgan fingerprint density at radius 3 is 2.30 bits per heavy atom. The third-order valence-electron chi connectivity index (χ3n) is 5.33. The summed E-state index contributed by atoms with van der Waals surface area (Å²) in [6, 6.07) is 16.9. The van der Waals surface area contributed by atoms with Crippen LogP contribution in [0.15, 0.2) is 77.4 Å². The number of aliphatic hydroxyl groups is 1. The zero-order chi connectivity index (χ0) is 23.5. The molecule has 7 heteroatoms. The lowest BCUT2D eigenvalue weighted by Crippen LogP contribution is -2.31. The number of Topliss-reactive ketones (excluding diaryl/α,β-unsaturated/α-hetero) is 1. The minimum Gasteiger partial charge on any atom is -0.503 e. The van der Waals surface area contributed by atoms with Gasteiger partial charge in [0, 0.05) is 5.69 Å². The first kappa shape index (κ1) is 22.6. The third kappa shape index (κ3) is 4.50. The molecule has 170 valence electrons. The molecule has 0 fully saturated rings. The Labute approximate surface area is 196 Å². The Bertz CT molecular complexity index is 1160. The molecule has 0 radical (unpaired) electrons. The van der Waals surface area contributed by atoms with Gasteiger partial charge in [0.25, 0.3) is 5.91 Å². The quantitative estimate of drug-likeness (QED) is 0.442. The number of ketones is 1. The molecule has 0 saturated heterocycles. The highest BCUT2D eigenvalue weighted by Crippen LogP contribution is 2.42. The van der Waals surface area contributed by atoms with Crippen molar-refractivity contribution in [2.75, 3.05) is 18.6 Å². The zero-order valence-corrected chi connectivity index (χ0v) is 19.5. The van der Waals surface area contributed by atoms with Crippen LogP contribution >= 0.6 is 11.3 Å². The zero-order valence-electron chi connectivity index (χ0n) is 18.6. The van der Waals surface area contributed by atoms with E-state index >= 15 is 0 Å². The van der Waals surface area contributed by atoms with E-state index in [4.69, 9.17) is 9.47 Å². The maximum atomic E-state index is 13.3. The van der Waals surface area contributed by atoms with Gasteiger partial charge in [0.1, 0.15) is 11.5 Å². The SMILES string of the molecule is COc1ccc(C2C(C(=O)c3cccs3)=C(O)C(=O)N2c2ccc(OCC(C)C)cc2)cc1. The second-order valence-electron chi connectivity index (χ2n) is 8.12. The number of carbonyl (C=O) groups excluding carboxylic acids is 2. The van der Waals surface area contributed by atoms with Crippen molar-refractivity contribution >= 4 is 28.7 Å². The van der Waals surface area contributed by atoms with Gasteiger partial charge in [0.2, 0.25) is 5.78 Å². The third-order valence-corrected chi connectivity index (χ3v) is 6.20. The van der Waals surface area contributed by atoms with Crippen molar-refractivity contribution < 1.29 is 24.2 Å². The van der Waals surface area contributed by atoms with Gasteiger partial charge >= 0.3 is 0 Å². The molecule has 0 aliphatic carbocycles. The van der Waals surface area contributed by atoms with Gasteiger partial charge in [-0.3, -0.25) is 14.5 Å². The number of nitrogens with zero attached hydrogens (tertiary/aromatic N) is 1. The minimum absolute atomic E-state index is 0.0627. The highest BCUT2D eigenvalue weighted by Gasteiger charge is 2.44. The second-order valence-corrected chi connectivity index (χ2v) is 9.07. The van der Waals surface area contributed by atoms with E-state index in [1.54, 1.807) is 73.2 Å². The number of rotatable bonds is 8. The van der Waals surface area contributed by atoms with Crippen LogP contribution < -0.4 is 14.4 Å². The van der Waals surface area contributed by atoms with Crippen molar-refractivity contribution in [3.05, 3.63) is 87.8 Å². The van der Waals surface area contributed by atoms with E-state index < -0.39 is 17.7 Å². The van der Waals surface area contributed by atoms with Gasteiger partial charge in [-0.2, -0.15) is 0 Å². The Hall–Kier alpha value is -3.58. The van der Waals surface area contributed by atoms with E-state index in [1.807, 2.05) is 0 Å². The predicted octanol–water partition coefficient (Wildman–Crippen LogP) is 5.57. The Morgan fingerprint density at radius 1 is 1.06 bits per heavy atom. The summed E-state index contributed by atoms with van der Waals surface area (Å²) in [5, 5.41) is 12.6. The van der Waals surface area contributed by atoms with Gasteiger partial charge in [0.05, 0.1) is 30.2 Å². The van der Waals surface area contributed by atoms with Gasteiger partial charge < -0.3 is 14.6 Å². The lowest BCUT2D eigenvalue weighted by molar-refractivity contribution is -0.117. The molecule has 1 unspecified atom stereocenters. The molecule has 1 aliphatic heterocycles. The number of amides is 1. The van der Waals surface area contributed by atoms with Crippen LogP contribution in [0.4, 0.5) is 5.69 Å². The summed E-state index contributed by atoms with van der Waals surface area (Å²) in [6.07, 6.45) is 0. The maximum absolute atomic E-state index is 13.3. The topological polar surface area (TPSA) is 76.1 Å². The van der Waals surface area contributed by atoms with Crippen molar-refractivity contribution in [3.8, 4) is 11.5 Å². The standard InChI is InChI=1S/C26H25NO5S/c1-16(2)15-32-20-12-8-18(9-13-20)27-23(17-6-10-19(31-3)11-7-17)22(25(29)26(27)30)24(28)21-5-4-14-33-21/h4-14,16,23,29H,15H2,1-3H3. The molecule has 2 aromatic carbocycles. The summed E-state index contributed by atoms with van der Waals surface area (Å²) in [5.74, 6) is 0.209. The summed E-state index contributed by atoms with van der Waals surface area (Å²) >= 11 is 1.27. The van der Waals surface area contributed by atoms with E-state index in [2.05, 4.69) is 13.8 Å². The van der Waals surface area contributed by atoms with E-state index in [0.29, 0.717) is 40.2 Å². The first-order valence-electron chi connectivity index (χ1n) is 10.6. The Kier molecular flexibility index (Phi) is 6.51. The molecule has 1 aromatic heterocycles. The molecule has 1 N–H and O–H groups in total. The van der Waals surface area contributed by atoms with Gasteiger partial charge in [-0.15, -0.1) is 11.3 Å². The fourth-order valence-electron chi connectivity index (χ4n) is 3.71. The monoisotopic (exact) mass is 463 g/mol. The number of carbonyl (C=O) groups is 2. The van der Waals surface area contributed by atoms with Crippen LogP contribution in [0.25, 0.3) is 0 Å². The van der Waals surface area contributed by atoms with Gasteiger partial charge in [0.15, 0.2) is 5.76 Å². The highest BCUT2D eigenvalue weighted by molar-refractivity contribution is 7.12. The average Bonchev–Trinajstić information content (AvgIpc) is 3.45. The summed E-state index contributed by atoms with van der Waals surface area (Å²) in [7, 11) is 1.57. The molecule has 1 aliphatic rings. The minimum atomic E-state index is -0.777.